The van der Waals surface area contributed by atoms with Gasteiger partial charge in [0.05, 0.1) is 17.7 Å². The highest BCUT2D eigenvalue weighted by Crippen LogP contribution is 2.32. The second-order valence-corrected chi connectivity index (χ2v) is 8.26. The number of hydrogen-bond donors (Lipinski definition) is 0. The summed E-state index contributed by atoms with van der Waals surface area (Å²) < 4.78 is 6.10. The van der Waals surface area contributed by atoms with Crippen LogP contribution in [0.4, 0.5) is 0 Å². The van der Waals surface area contributed by atoms with Crippen molar-refractivity contribution in [3.63, 3.8) is 0 Å². The maximum absolute atomic E-state index is 6.10. The zero-order valence-electron chi connectivity index (χ0n) is 15.9. The number of pyridine rings is 2. The Balaban J connectivity index is 1.24. The topological polar surface area (TPSA) is 38.2 Å². The third-order valence-electron chi connectivity index (χ3n) is 6.05. The van der Waals surface area contributed by atoms with E-state index in [1.165, 1.54) is 11.1 Å². The molecule has 3 aromatic rings. The second-order valence-electron chi connectivity index (χ2n) is 7.82. The highest BCUT2D eigenvalue weighted by atomic mass is 35.5. The summed E-state index contributed by atoms with van der Waals surface area (Å²) in [6.45, 7) is 3.98. The molecule has 2 aliphatic heterocycles. The van der Waals surface area contributed by atoms with E-state index < -0.39 is 0 Å². The third-order valence-corrected chi connectivity index (χ3v) is 6.26. The van der Waals surface area contributed by atoms with Crippen LogP contribution in [-0.2, 0) is 11.2 Å². The standard InChI is InChI=1S/C23H24ClN3O/c24-19-13-18-5-6-21(26-23(18)25-14-19)17-7-10-27(11-8-17)15-22-20-4-2-1-3-16(20)9-12-28-22/h1-6,13-14,17,22H,7-12,15H2. The van der Waals surface area contributed by atoms with E-state index in [0.29, 0.717) is 10.9 Å². The molecule has 2 aromatic heterocycles. The zero-order valence-corrected chi connectivity index (χ0v) is 16.6. The molecule has 0 bridgehead atoms. The molecule has 28 heavy (non-hydrogen) atoms. The SMILES string of the molecule is Clc1cnc2nc(C3CCN(CC4OCCc5ccccc54)CC3)ccc2c1. The first-order chi connectivity index (χ1) is 13.8. The summed E-state index contributed by atoms with van der Waals surface area (Å²) in [4.78, 5) is 11.7. The minimum Gasteiger partial charge on any atom is -0.372 e. The molecule has 1 aromatic carbocycles. The van der Waals surface area contributed by atoms with Gasteiger partial charge in [0.1, 0.15) is 0 Å². The van der Waals surface area contributed by atoms with E-state index in [4.69, 9.17) is 21.3 Å². The van der Waals surface area contributed by atoms with Gasteiger partial charge in [-0.3, -0.25) is 0 Å². The Morgan fingerprint density at radius 3 is 2.86 bits per heavy atom. The van der Waals surface area contributed by atoms with Crippen LogP contribution in [-0.4, -0.2) is 41.1 Å². The third kappa shape index (κ3) is 3.64. The van der Waals surface area contributed by atoms with Crippen molar-refractivity contribution < 1.29 is 4.74 Å². The fourth-order valence-corrected chi connectivity index (χ4v) is 4.67. The summed E-state index contributed by atoms with van der Waals surface area (Å²) in [5, 5.41) is 1.66. The molecule has 4 heterocycles. The first kappa shape index (κ1) is 18.0. The van der Waals surface area contributed by atoms with E-state index in [1.807, 2.05) is 6.07 Å². The van der Waals surface area contributed by atoms with Gasteiger partial charge in [0, 0.05) is 29.7 Å². The predicted octanol–water partition coefficient (Wildman–Crippen LogP) is 4.78. The van der Waals surface area contributed by atoms with Crippen molar-refractivity contribution >= 4 is 22.6 Å². The van der Waals surface area contributed by atoms with Crippen LogP contribution < -0.4 is 0 Å². The summed E-state index contributed by atoms with van der Waals surface area (Å²) in [6.07, 6.45) is 5.16. The summed E-state index contributed by atoms with van der Waals surface area (Å²) in [6, 6.07) is 14.9. The van der Waals surface area contributed by atoms with Crippen LogP contribution in [0.3, 0.4) is 0 Å². The van der Waals surface area contributed by atoms with Crippen molar-refractivity contribution in [2.45, 2.75) is 31.3 Å². The quantitative estimate of drug-likeness (QED) is 0.642. The van der Waals surface area contributed by atoms with Gasteiger partial charge in [-0.2, -0.15) is 0 Å². The van der Waals surface area contributed by atoms with Gasteiger partial charge in [0.15, 0.2) is 5.65 Å². The van der Waals surface area contributed by atoms with Crippen molar-refractivity contribution in [2.24, 2.45) is 0 Å². The molecule has 2 aliphatic rings. The average Bonchev–Trinajstić information content (AvgIpc) is 2.74. The molecule has 5 heteroatoms. The summed E-state index contributed by atoms with van der Waals surface area (Å²) in [7, 11) is 0. The molecule has 5 rings (SSSR count). The van der Waals surface area contributed by atoms with E-state index in [-0.39, 0.29) is 6.10 Å². The van der Waals surface area contributed by atoms with Crippen LogP contribution >= 0.6 is 11.6 Å². The smallest absolute Gasteiger partial charge is 0.159 e. The van der Waals surface area contributed by atoms with Gasteiger partial charge in [-0.25, -0.2) is 9.97 Å². The Bertz CT molecular complexity index is 984. The van der Waals surface area contributed by atoms with E-state index >= 15 is 0 Å². The van der Waals surface area contributed by atoms with Crippen molar-refractivity contribution in [3.8, 4) is 0 Å². The van der Waals surface area contributed by atoms with Crippen LogP contribution in [0.2, 0.25) is 5.02 Å². The van der Waals surface area contributed by atoms with Crippen molar-refractivity contribution in [2.75, 3.05) is 26.2 Å². The van der Waals surface area contributed by atoms with Crippen molar-refractivity contribution in [1.29, 1.82) is 0 Å². The normalized spacial score (nSPS) is 21.0. The number of nitrogens with zero attached hydrogens (tertiary/aromatic N) is 3. The largest absolute Gasteiger partial charge is 0.372 e. The van der Waals surface area contributed by atoms with Crippen LogP contribution in [0.15, 0.2) is 48.7 Å². The molecule has 0 aliphatic carbocycles. The minimum absolute atomic E-state index is 0.203. The lowest BCUT2D eigenvalue weighted by Gasteiger charge is -2.35. The van der Waals surface area contributed by atoms with Crippen molar-refractivity contribution in [1.82, 2.24) is 14.9 Å². The average molecular weight is 394 g/mol. The van der Waals surface area contributed by atoms with Crippen LogP contribution in [0.5, 0.6) is 0 Å². The number of rotatable bonds is 3. The van der Waals surface area contributed by atoms with Gasteiger partial charge in [-0.1, -0.05) is 35.9 Å². The predicted molar refractivity (Wildman–Crippen MR) is 112 cm³/mol. The molecule has 4 nitrogen and oxygen atoms in total. The molecule has 0 N–H and O–H groups in total. The minimum atomic E-state index is 0.203. The van der Waals surface area contributed by atoms with E-state index in [2.05, 4.69) is 46.3 Å². The van der Waals surface area contributed by atoms with Gasteiger partial charge < -0.3 is 9.64 Å². The van der Waals surface area contributed by atoms with Gasteiger partial charge in [-0.15, -0.1) is 0 Å². The van der Waals surface area contributed by atoms with E-state index in [9.17, 15) is 0 Å². The van der Waals surface area contributed by atoms with Crippen LogP contribution in [0.1, 0.15) is 41.7 Å². The van der Waals surface area contributed by atoms with Gasteiger partial charge >= 0.3 is 0 Å². The number of halogens is 1. The highest BCUT2D eigenvalue weighted by molar-refractivity contribution is 6.31. The Hall–Kier alpha value is -2.01. The fourth-order valence-electron chi connectivity index (χ4n) is 4.50. The highest BCUT2D eigenvalue weighted by Gasteiger charge is 2.27. The molecule has 0 radical (unpaired) electrons. The molecule has 1 unspecified atom stereocenters. The second kappa shape index (κ2) is 7.78. The van der Waals surface area contributed by atoms with Crippen LogP contribution in [0.25, 0.3) is 11.0 Å². The van der Waals surface area contributed by atoms with Crippen LogP contribution in [0, 0.1) is 0 Å². The number of benzene rings is 1. The first-order valence-electron chi connectivity index (χ1n) is 10.1. The fraction of sp³-hybridized carbons (Fsp3) is 0.391. The Kier molecular flexibility index (Phi) is 5.02. The van der Waals surface area contributed by atoms with E-state index in [1.54, 1.807) is 6.20 Å². The molecule has 0 spiro atoms. The van der Waals surface area contributed by atoms with Crippen molar-refractivity contribution in [3.05, 3.63) is 70.5 Å². The Morgan fingerprint density at radius 1 is 1.11 bits per heavy atom. The number of piperidine rings is 1. The summed E-state index contributed by atoms with van der Waals surface area (Å²) >= 11 is 6.03. The number of aromatic nitrogens is 2. The molecule has 0 amide bonds. The molecule has 1 atom stereocenters. The number of fused-ring (bicyclic) bond motifs is 2. The van der Waals surface area contributed by atoms with Gasteiger partial charge in [-0.05, 0) is 61.7 Å². The van der Waals surface area contributed by atoms with Gasteiger partial charge in [0.2, 0.25) is 0 Å². The molecular formula is C23H24ClN3O. The maximum atomic E-state index is 6.10. The summed E-state index contributed by atoms with van der Waals surface area (Å²) in [5.41, 5.74) is 4.76. The molecular weight excluding hydrogens is 370 g/mol. The Labute approximate surface area is 170 Å². The lowest BCUT2D eigenvalue weighted by atomic mass is 9.91. The Morgan fingerprint density at radius 2 is 1.96 bits per heavy atom. The first-order valence-corrected chi connectivity index (χ1v) is 10.5. The number of hydrogen-bond acceptors (Lipinski definition) is 4. The molecule has 144 valence electrons. The summed E-state index contributed by atoms with van der Waals surface area (Å²) in [5.74, 6) is 0.498. The zero-order chi connectivity index (χ0) is 18.9. The lowest BCUT2D eigenvalue weighted by Crippen LogP contribution is -2.37. The lowest BCUT2D eigenvalue weighted by molar-refractivity contribution is 0.0108. The number of ether oxygens (including phenoxy) is 1. The van der Waals surface area contributed by atoms with Gasteiger partial charge in [0.25, 0.3) is 0 Å². The maximum Gasteiger partial charge on any atom is 0.159 e. The molecule has 1 fully saturated rings. The van der Waals surface area contributed by atoms with E-state index in [0.717, 1.165) is 62.2 Å². The molecule has 0 saturated carbocycles. The monoisotopic (exact) mass is 393 g/mol. The molecule has 1 saturated heterocycles. The number of likely N-dealkylation sites (tertiary alicyclic amines) is 1.